The molecule has 1 atom stereocenters. The van der Waals surface area contributed by atoms with Crippen LogP contribution in [0.5, 0.6) is 0 Å². The number of carboxylic acids is 1. The van der Waals surface area contributed by atoms with Gasteiger partial charge in [0.25, 0.3) is 5.91 Å². The van der Waals surface area contributed by atoms with Crippen LogP contribution in [0.1, 0.15) is 49.2 Å². The Balaban J connectivity index is 2.82. The van der Waals surface area contributed by atoms with Crippen molar-refractivity contribution in [2.45, 2.75) is 45.6 Å². The average Bonchev–Trinajstić information content (AvgIpc) is 2.37. The summed E-state index contributed by atoms with van der Waals surface area (Å²) in [6, 6.07) is 2.78. The lowest BCUT2D eigenvalue weighted by atomic mass is 10.1. The highest BCUT2D eigenvalue weighted by atomic mass is 35.5. The Morgan fingerprint density at radius 1 is 1.40 bits per heavy atom. The summed E-state index contributed by atoms with van der Waals surface area (Å²) < 4.78 is 0. The summed E-state index contributed by atoms with van der Waals surface area (Å²) in [4.78, 5) is 27.0. The van der Waals surface area contributed by atoms with Gasteiger partial charge in [0, 0.05) is 17.3 Å². The first-order valence-corrected chi connectivity index (χ1v) is 7.03. The number of aryl methyl sites for hydroxylation is 1. The van der Waals surface area contributed by atoms with E-state index in [0.29, 0.717) is 18.4 Å². The fourth-order valence-corrected chi connectivity index (χ4v) is 2.14. The third-order valence-electron chi connectivity index (χ3n) is 2.86. The lowest BCUT2D eigenvalue weighted by Crippen LogP contribution is -2.36. The number of hydrogen-bond donors (Lipinski definition) is 2. The molecule has 20 heavy (non-hydrogen) atoms. The highest BCUT2D eigenvalue weighted by molar-refractivity contribution is 6.29. The first-order chi connectivity index (χ1) is 9.46. The molecule has 0 aromatic carbocycles. The van der Waals surface area contributed by atoms with Crippen LogP contribution in [-0.4, -0.2) is 28.0 Å². The van der Waals surface area contributed by atoms with Gasteiger partial charge in [0.1, 0.15) is 5.15 Å². The van der Waals surface area contributed by atoms with Crippen LogP contribution in [0.3, 0.4) is 0 Å². The Kier molecular flexibility index (Phi) is 6.45. The number of rotatable bonds is 7. The van der Waals surface area contributed by atoms with Gasteiger partial charge in [-0.15, -0.1) is 0 Å². The SMILES string of the molecule is CCCC(CC(=O)O)NC(=O)c1cc(Cl)nc(CC)c1. The van der Waals surface area contributed by atoms with Gasteiger partial charge in [-0.25, -0.2) is 4.98 Å². The molecule has 0 radical (unpaired) electrons. The standard InChI is InChI=1S/C14H19ClN2O3/c1-3-5-11(8-13(18)19)17-14(20)9-6-10(4-2)16-12(15)7-9/h6-7,11H,3-5,8H2,1-2H3,(H,17,20)(H,18,19). The highest BCUT2D eigenvalue weighted by Gasteiger charge is 2.17. The molecule has 0 aliphatic carbocycles. The Bertz CT molecular complexity index is 491. The zero-order valence-electron chi connectivity index (χ0n) is 11.6. The molecule has 6 heteroatoms. The van der Waals surface area contributed by atoms with Crippen molar-refractivity contribution in [1.29, 1.82) is 0 Å². The molecule has 1 rings (SSSR count). The van der Waals surface area contributed by atoms with Crippen LogP contribution >= 0.6 is 11.6 Å². The van der Waals surface area contributed by atoms with Crippen LogP contribution in [0.25, 0.3) is 0 Å². The van der Waals surface area contributed by atoms with E-state index in [1.807, 2.05) is 13.8 Å². The first-order valence-electron chi connectivity index (χ1n) is 6.65. The number of aromatic nitrogens is 1. The Hall–Kier alpha value is -1.62. The molecule has 0 aliphatic rings. The number of aliphatic carboxylic acids is 1. The van der Waals surface area contributed by atoms with Crippen molar-refractivity contribution < 1.29 is 14.7 Å². The molecule has 1 unspecified atom stereocenters. The number of carbonyl (C=O) groups excluding carboxylic acids is 1. The summed E-state index contributed by atoms with van der Waals surface area (Å²) in [5.41, 5.74) is 1.14. The first kappa shape index (κ1) is 16.4. The minimum atomic E-state index is -0.925. The molecular formula is C14H19ClN2O3. The molecule has 0 fully saturated rings. The maximum atomic E-state index is 12.1. The normalized spacial score (nSPS) is 11.9. The van der Waals surface area contributed by atoms with E-state index in [1.54, 1.807) is 6.07 Å². The Morgan fingerprint density at radius 2 is 2.10 bits per heavy atom. The van der Waals surface area contributed by atoms with Gasteiger partial charge in [0.05, 0.1) is 6.42 Å². The van der Waals surface area contributed by atoms with Gasteiger partial charge >= 0.3 is 5.97 Å². The van der Waals surface area contributed by atoms with Gasteiger partial charge < -0.3 is 10.4 Å². The zero-order chi connectivity index (χ0) is 15.1. The minimum Gasteiger partial charge on any atom is -0.481 e. The summed E-state index contributed by atoms with van der Waals surface area (Å²) in [5.74, 6) is -1.24. The van der Waals surface area contributed by atoms with E-state index in [2.05, 4.69) is 10.3 Å². The van der Waals surface area contributed by atoms with Gasteiger partial charge in [0.2, 0.25) is 0 Å². The van der Waals surface area contributed by atoms with Crippen LogP contribution in [0.15, 0.2) is 12.1 Å². The summed E-state index contributed by atoms with van der Waals surface area (Å²) in [7, 11) is 0. The van der Waals surface area contributed by atoms with Crippen molar-refractivity contribution in [3.63, 3.8) is 0 Å². The van der Waals surface area contributed by atoms with E-state index in [4.69, 9.17) is 16.7 Å². The maximum Gasteiger partial charge on any atom is 0.305 e. The second kappa shape index (κ2) is 7.85. The van der Waals surface area contributed by atoms with Gasteiger partial charge in [-0.3, -0.25) is 9.59 Å². The minimum absolute atomic E-state index is 0.0843. The molecular weight excluding hydrogens is 280 g/mol. The molecule has 0 saturated carbocycles. The molecule has 2 N–H and O–H groups in total. The summed E-state index contributed by atoms with van der Waals surface area (Å²) >= 11 is 5.87. The predicted octanol–water partition coefficient (Wildman–Crippen LogP) is 2.67. The molecule has 1 amide bonds. The number of halogens is 1. The molecule has 1 aromatic rings. The van der Waals surface area contributed by atoms with Crippen molar-refractivity contribution in [2.75, 3.05) is 0 Å². The van der Waals surface area contributed by atoms with Crippen LogP contribution in [-0.2, 0) is 11.2 Å². The molecule has 1 aromatic heterocycles. The molecule has 0 spiro atoms. The number of nitrogens with zero attached hydrogens (tertiary/aromatic N) is 1. The van der Waals surface area contributed by atoms with Crippen molar-refractivity contribution in [3.8, 4) is 0 Å². The second-order valence-electron chi connectivity index (χ2n) is 4.58. The van der Waals surface area contributed by atoms with Crippen molar-refractivity contribution in [3.05, 3.63) is 28.5 Å². The quantitative estimate of drug-likeness (QED) is 0.759. The summed E-state index contributed by atoms with van der Waals surface area (Å²) in [6.45, 7) is 3.87. The summed E-state index contributed by atoms with van der Waals surface area (Å²) in [5, 5.41) is 11.8. The molecule has 1 heterocycles. The van der Waals surface area contributed by atoms with Gasteiger partial charge in [-0.1, -0.05) is 31.9 Å². The van der Waals surface area contributed by atoms with E-state index in [0.717, 1.165) is 12.1 Å². The molecule has 5 nitrogen and oxygen atoms in total. The van der Waals surface area contributed by atoms with Crippen molar-refractivity contribution >= 4 is 23.5 Å². The molecule has 0 saturated heterocycles. The fourth-order valence-electron chi connectivity index (χ4n) is 1.92. The fraction of sp³-hybridized carbons (Fsp3) is 0.500. The zero-order valence-corrected chi connectivity index (χ0v) is 12.4. The van der Waals surface area contributed by atoms with Crippen LogP contribution < -0.4 is 5.32 Å². The number of pyridine rings is 1. The van der Waals surface area contributed by atoms with E-state index in [-0.39, 0.29) is 23.5 Å². The van der Waals surface area contributed by atoms with E-state index in [1.165, 1.54) is 6.07 Å². The van der Waals surface area contributed by atoms with Gasteiger partial charge in [0.15, 0.2) is 0 Å². The molecule has 0 bridgehead atoms. The second-order valence-corrected chi connectivity index (χ2v) is 4.97. The Morgan fingerprint density at radius 3 is 2.65 bits per heavy atom. The monoisotopic (exact) mass is 298 g/mol. The lowest BCUT2D eigenvalue weighted by Gasteiger charge is -2.16. The van der Waals surface area contributed by atoms with E-state index >= 15 is 0 Å². The highest BCUT2D eigenvalue weighted by Crippen LogP contribution is 2.12. The topological polar surface area (TPSA) is 79.3 Å². The predicted molar refractivity (Wildman–Crippen MR) is 77.0 cm³/mol. The largest absolute Gasteiger partial charge is 0.481 e. The number of amides is 1. The average molecular weight is 299 g/mol. The van der Waals surface area contributed by atoms with Gasteiger partial charge in [-0.05, 0) is 25.0 Å². The third-order valence-corrected chi connectivity index (χ3v) is 3.06. The third kappa shape index (κ3) is 5.17. The van der Waals surface area contributed by atoms with Crippen molar-refractivity contribution in [2.24, 2.45) is 0 Å². The number of hydrogen-bond acceptors (Lipinski definition) is 3. The Labute approximate surface area is 123 Å². The smallest absolute Gasteiger partial charge is 0.305 e. The summed E-state index contributed by atoms with van der Waals surface area (Å²) in [6.07, 6.45) is 2.01. The maximum absolute atomic E-state index is 12.1. The number of carboxylic acid groups (broad SMARTS) is 1. The molecule has 110 valence electrons. The van der Waals surface area contributed by atoms with Crippen LogP contribution in [0.4, 0.5) is 0 Å². The van der Waals surface area contributed by atoms with Gasteiger partial charge in [-0.2, -0.15) is 0 Å². The van der Waals surface area contributed by atoms with Crippen LogP contribution in [0.2, 0.25) is 5.15 Å². The number of carbonyl (C=O) groups is 2. The molecule has 0 aliphatic heterocycles. The van der Waals surface area contributed by atoms with Crippen molar-refractivity contribution in [1.82, 2.24) is 10.3 Å². The van der Waals surface area contributed by atoms with Crippen LogP contribution in [0, 0.1) is 0 Å². The van der Waals surface area contributed by atoms with E-state index < -0.39 is 5.97 Å². The van der Waals surface area contributed by atoms with E-state index in [9.17, 15) is 9.59 Å². The number of nitrogens with one attached hydrogen (secondary N) is 1. The lowest BCUT2D eigenvalue weighted by molar-refractivity contribution is -0.137.